The fourth-order valence-corrected chi connectivity index (χ4v) is 4.51. The van der Waals surface area contributed by atoms with Gasteiger partial charge >= 0.3 is 0 Å². The third kappa shape index (κ3) is 4.62. The molecule has 0 aliphatic carbocycles. The molecule has 2 atom stereocenters. The minimum atomic E-state index is -0.0433. The Hall–Kier alpha value is -2.53. The zero-order valence-electron chi connectivity index (χ0n) is 18.0. The van der Waals surface area contributed by atoms with Gasteiger partial charge in [-0.1, -0.05) is 31.2 Å². The largest absolute Gasteiger partial charge is 0.494 e. The summed E-state index contributed by atoms with van der Waals surface area (Å²) in [4.78, 5) is 17.4. The van der Waals surface area contributed by atoms with Crippen LogP contribution in [-0.4, -0.2) is 50.2 Å². The smallest absolute Gasteiger partial charge is 0.225 e. The Balaban J connectivity index is 1.31. The van der Waals surface area contributed by atoms with E-state index in [1.807, 2.05) is 30.9 Å². The molecular formula is C25H32N2O3. The van der Waals surface area contributed by atoms with Gasteiger partial charge in [-0.15, -0.1) is 0 Å². The van der Waals surface area contributed by atoms with Crippen LogP contribution >= 0.6 is 0 Å². The first-order valence-electron chi connectivity index (χ1n) is 11.1. The molecule has 1 saturated heterocycles. The van der Waals surface area contributed by atoms with Crippen molar-refractivity contribution in [3.05, 3.63) is 59.7 Å². The number of fused-ring (bicyclic) bond motifs is 1. The number of hydrogen-bond donors (Lipinski definition) is 0. The molecule has 2 unspecified atom stereocenters. The van der Waals surface area contributed by atoms with Gasteiger partial charge in [0.15, 0.2) is 0 Å². The minimum Gasteiger partial charge on any atom is -0.494 e. The highest BCUT2D eigenvalue weighted by atomic mass is 16.5. The third-order valence-corrected chi connectivity index (χ3v) is 6.19. The van der Waals surface area contributed by atoms with Crippen molar-refractivity contribution in [2.24, 2.45) is 5.92 Å². The number of benzene rings is 2. The van der Waals surface area contributed by atoms with E-state index in [1.165, 1.54) is 16.8 Å². The van der Waals surface area contributed by atoms with E-state index in [9.17, 15) is 4.79 Å². The van der Waals surface area contributed by atoms with Gasteiger partial charge in [-0.3, -0.25) is 4.79 Å². The van der Waals surface area contributed by atoms with Crippen LogP contribution in [0.4, 0.5) is 5.69 Å². The van der Waals surface area contributed by atoms with Gasteiger partial charge in [0.1, 0.15) is 5.75 Å². The topological polar surface area (TPSA) is 42.0 Å². The molecular weight excluding hydrogens is 376 g/mol. The fourth-order valence-electron chi connectivity index (χ4n) is 4.51. The molecule has 4 rings (SSSR count). The predicted molar refractivity (Wildman–Crippen MR) is 119 cm³/mol. The Morgan fingerprint density at radius 1 is 1.10 bits per heavy atom. The Morgan fingerprint density at radius 2 is 1.83 bits per heavy atom. The summed E-state index contributed by atoms with van der Waals surface area (Å²) in [5.74, 6) is 1.10. The molecule has 160 valence electrons. The van der Waals surface area contributed by atoms with E-state index in [4.69, 9.17) is 9.47 Å². The summed E-state index contributed by atoms with van der Waals surface area (Å²) in [5.41, 5.74) is 3.80. The van der Waals surface area contributed by atoms with Crippen LogP contribution in [0.1, 0.15) is 37.5 Å². The molecule has 0 spiro atoms. The maximum atomic E-state index is 13.1. The first-order valence-corrected chi connectivity index (χ1v) is 11.1. The molecule has 1 amide bonds. The standard InChI is InChI=1S/C25H32N2O3/c1-3-29-22-10-8-21(9-11-22)26-13-15-27(16-14-26)25(28)19(2)18-24-23-7-5-4-6-20(23)12-17-30-24/h4-11,19,24H,3,12-18H2,1-2H3. The van der Waals surface area contributed by atoms with Crippen molar-refractivity contribution < 1.29 is 14.3 Å². The van der Waals surface area contributed by atoms with Crippen LogP contribution in [0.15, 0.2) is 48.5 Å². The summed E-state index contributed by atoms with van der Waals surface area (Å²) in [6.45, 7) is 8.69. The van der Waals surface area contributed by atoms with Gasteiger partial charge in [0.2, 0.25) is 5.91 Å². The SMILES string of the molecule is CCOc1ccc(N2CCN(C(=O)C(C)CC3OCCc4ccccc43)CC2)cc1. The molecule has 0 radical (unpaired) electrons. The maximum absolute atomic E-state index is 13.1. The molecule has 2 aromatic carbocycles. The van der Waals surface area contributed by atoms with E-state index < -0.39 is 0 Å². The minimum absolute atomic E-state index is 0.0269. The van der Waals surface area contributed by atoms with Gasteiger partial charge in [-0.2, -0.15) is 0 Å². The van der Waals surface area contributed by atoms with Crippen molar-refractivity contribution in [1.82, 2.24) is 4.90 Å². The molecule has 0 N–H and O–H groups in total. The molecule has 1 fully saturated rings. The Labute approximate surface area is 179 Å². The van der Waals surface area contributed by atoms with Crippen molar-refractivity contribution in [1.29, 1.82) is 0 Å². The van der Waals surface area contributed by atoms with Gasteiger partial charge in [-0.05, 0) is 55.2 Å². The maximum Gasteiger partial charge on any atom is 0.225 e. The van der Waals surface area contributed by atoms with E-state index in [-0.39, 0.29) is 17.9 Å². The van der Waals surface area contributed by atoms with Crippen LogP contribution in [0.3, 0.4) is 0 Å². The second kappa shape index (κ2) is 9.52. The lowest BCUT2D eigenvalue weighted by atomic mass is 9.91. The number of rotatable bonds is 6. The first kappa shape index (κ1) is 20.7. The lowest BCUT2D eigenvalue weighted by Gasteiger charge is -2.38. The van der Waals surface area contributed by atoms with E-state index in [2.05, 4.69) is 41.3 Å². The number of carbonyl (C=O) groups is 1. The normalized spacial score (nSPS) is 19.9. The number of anilines is 1. The Kier molecular flexibility index (Phi) is 6.58. The van der Waals surface area contributed by atoms with E-state index in [0.717, 1.165) is 51.4 Å². The van der Waals surface area contributed by atoms with E-state index >= 15 is 0 Å². The van der Waals surface area contributed by atoms with Crippen LogP contribution in [0, 0.1) is 5.92 Å². The summed E-state index contributed by atoms with van der Waals surface area (Å²) >= 11 is 0. The van der Waals surface area contributed by atoms with Crippen molar-refractivity contribution in [2.45, 2.75) is 32.8 Å². The van der Waals surface area contributed by atoms with Crippen molar-refractivity contribution in [3.63, 3.8) is 0 Å². The zero-order chi connectivity index (χ0) is 20.9. The second-order valence-corrected chi connectivity index (χ2v) is 8.18. The quantitative estimate of drug-likeness (QED) is 0.723. The molecule has 30 heavy (non-hydrogen) atoms. The molecule has 0 aromatic heterocycles. The molecule has 5 heteroatoms. The highest BCUT2D eigenvalue weighted by Gasteiger charge is 2.29. The van der Waals surface area contributed by atoms with Crippen LogP contribution in [-0.2, 0) is 16.0 Å². The molecule has 2 aliphatic heterocycles. The highest BCUT2D eigenvalue weighted by molar-refractivity contribution is 5.79. The number of carbonyl (C=O) groups excluding carboxylic acids is 1. The summed E-state index contributed by atoms with van der Waals surface area (Å²) in [6, 6.07) is 16.7. The zero-order valence-corrected chi connectivity index (χ0v) is 18.0. The van der Waals surface area contributed by atoms with Crippen LogP contribution in [0.2, 0.25) is 0 Å². The van der Waals surface area contributed by atoms with Crippen molar-refractivity contribution >= 4 is 11.6 Å². The van der Waals surface area contributed by atoms with Gasteiger partial charge in [-0.25, -0.2) is 0 Å². The Morgan fingerprint density at radius 3 is 2.57 bits per heavy atom. The van der Waals surface area contributed by atoms with Gasteiger partial charge in [0.25, 0.3) is 0 Å². The number of piperazine rings is 1. The van der Waals surface area contributed by atoms with E-state index in [1.54, 1.807) is 0 Å². The number of amides is 1. The van der Waals surface area contributed by atoms with Crippen LogP contribution in [0.5, 0.6) is 5.75 Å². The Bertz CT molecular complexity index is 844. The molecule has 5 nitrogen and oxygen atoms in total. The van der Waals surface area contributed by atoms with Crippen molar-refractivity contribution in [2.75, 3.05) is 44.3 Å². The average molecular weight is 409 g/mol. The molecule has 2 aromatic rings. The number of ether oxygens (including phenoxy) is 2. The number of nitrogens with zero attached hydrogens (tertiary/aromatic N) is 2. The van der Waals surface area contributed by atoms with Crippen LogP contribution < -0.4 is 9.64 Å². The second-order valence-electron chi connectivity index (χ2n) is 8.18. The highest BCUT2D eigenvalue weighted by Crippen LogP contribution is 2.32. The molecule has 0 bridgehead atoms. The first-order chi connectivity index (χ1) is 14.7. The van der Waals surface area contributed by atoms with E-state index in [0.29, 0.717) is 6.61 Å². The average Bonchev–Trinajstić information content (AvgIpc) is 2.80. The molecule has 0 saturated carbocycles. The van der Waals surface area contributed by atoms with Gasteiger partial charge in [0.05, 0.1) is 19.3 Å². The molecule has 2 heterocycles. The summed E-state index contributed by atoms with van der Waals surface area (Å²) in [5, 5.41) is 0. The lowest BCUT2D eigenvalue weighted by Crippen LogP contribution is -2.50. The van der Waals surface area contributed by atoms with Crippen LogP contribution in [0.25, 0.3) is 0 Å². The third-order valence-electron chi connectivity index (χ3n) is 6.19. The predicted octanol–water partition coefficient (Wildman–Crippen LogP) is 4.07. The van der Waals surface area contributed by atoms with Gasteiger partial charge < -0.3 is 19.3 Å². The summed E-state index contributed by atoms with van der Waals surface area (Å²) in [6.07, 6.45) is 1.73. The monoisotopic (exact) mass is 408 g/mol. The summed E-state index contributed by atoms with van der Waals surface area (Å²) in [7, 11) is 0. The fraction of sp³-hybridized carbons (Fsp3) is 0.480. The van der Waals surface area contributed by atoms with Crippen molar-refractivity contribution in [3.8, 4) is 5.75 Å². The summed E-state index contributed by atoms with van der Waals surface area (Å²) < 4.78 is 11.6. The molecule has 2 aliphatic rings. The number of hydrogen-bond acceptors (Lipinski definition) is 4. The van der Waals surface area contributed by atoms with Gasteiger partial charge in [0, 0.05) is 37.8 Å². The lowest BCUT2D eigenvalue weighted by molar-refractivity contribution is -0.136.